The first-order chi connectivity index (χ1) is 12.3. The number of alkyl halides is 3. The minimum atomic E-state index is -4.66. The number of hydrogen-bond donors (Lipinski definition) is 1. The van der Waals surface area contributed by atoms with Gasteiger partial charge in [0.05, 0.1) is 23.6 Å². The summed E-state index contributed by atoms with van der Waals surface area (Å²) in [6, 6.07) is 9.81. The Hall–Kier alpha value is -2.55. The second-order valence-corrected chi connectivity index (χ2v) is 6.75. The van der Waals surface area contributed by atoms with Crippen LogP contribution in [0.2, 0.25) is 0 Å². The summed E-state index contributed by atoms with van der Waals surface area (Å²) in [5.74, 6) is -0.966. The van der Waals surface area contributed by atoms with Gasteiger partial charge >= 0.3 is 6.18 Å². The van der Waals surface area contributed by atoms with Gasteiger partial charge in [0, 0.05) is 5.39 Å². The lowest BCUT2D eigenvalue weighted by atomic mass is 10.2. The van der Waals surface area contributed by atoms with Crippen LogP contribution in [0.25, 0.3) is 10.9 Å². The van der Waals surface area contributed by atoms with Gasteiger partial charge < -0.3 is 9.73 Å². The molecule has 5 nitrogen and oxygen atoms in total. The van der Waals surface area contributed by atoms with E-state index in [1.165, 1.54) is 12.3 Å². The number of amides is 1. The fourth-order valence-corrected chi connectivity index (χ4v) is 3.18. The van der Waals surface area contributed by atoms with Crippen molar-refractivity contribution in [3.63, 3.8) is 0 Å². The van der Waals surface area contributed by atoms with Crippen LogP contribution in [0.1, 0.15) is 18.5 Å². The quantitative estimate of drug-likeness (QED) is 0.534. The Labute approximate surface area is 151 Å². The van der Waals surface area contributed by atoms with Gasteiger partial charge in [-0.3, -0.25) is 4.79 Å². The van der Waals surface area contributed by atoms with Gasteiger partial charge in [-0.15, -0.1) is 0 Å². The van der Waals surface area contributed by atoms with Crippen molar-refractivity contribution < 1.29 is 22.4 Å². The zero-order valence-corrected chi connectivity index (χ0v) is 14.4. The van der Waals surface area contributed by atoms with E-state index in [2.05, 4.69) is 15.3 Å². The van der Waals surface area contributed by atoms with Gasteiger partial charge in [-0.2, -0.15) is 13.2 Å². The summed E-state index contributed by atoms with van der Waals surface area (Å²) in [6.07, 6.45) is -3.17. The number of para-hydroxylation sites is 1. The highest BCUT2D eigenvalue weighted by molar-refractivity contribution is 8.00. The molecule has 3 aromatic rings. The van der Waals surface area contributed by atoms with Crippen molar-refractivity contribution in [1.29, 1.82) is 0 Å². The number of benzene rings is 1. The average molecular weight is 381 g/mol. The predicted octanol–water partition coefficient (Wildman–Crippen LogP) is 4.04. The first-order valence-corrected chi connectivity index (χ1v) is 8.53. The van der Waals surface area contributed by atoms with Crippen LogP contribution in [0.4, 0.5) is 13.2 Å². The van der Waals surface area contributed by atoms with Gasteiger partial charge in [-0.05, 0) is 25.1 Å². The molecule has 0 radical (unpaired) electrons. The van der Waals surface area contributed by atoms with Crippen molar-refractivity contribution in [1.82, 2.24) is 15.3 Å². The molecule has 0 bridgehead atoms. The molecule has 1 unspecified atom stereocenters. The molecule has 0 saturated carbocycles. The highest BCUT2D eigenvalue weighted by Gasteiger charge is 2.35. The smallest absolute Gasteiger partial charge is 0.451 e. The minimum Gasteiger partial charge on any atom is -0.467 e. The third-order valence-electron chi connectivity index (χ3n) is 3.50. The highest BCUT2D eigenvalue weighted by atomic mass is 32.2. The van der Waals surface area contributed by atoms with Gasteiger partial charge in [0.15, 0.2) is 0 Å². The zero-order valence-electron chi connectivity index (χ0n) is 13.6. The molecule has 2 aromatic heterocycles. The summed E-state index contributed by atoms with van der Waals surface area (Å²) in [7, 11) is 0. The Bertz CT molecular complexity index is 913. The maximum Gasteiger partial charge on any atom is 0.451 e. The molecule has 1 aromatic carbocycles. The molecule has 0 fully saturated rings. The number of thioether (sulfide) groups is 1. The summed E-state index contributed by atoms with van der Waals surface area (Å²) in [5, 5.41) is 2.61. The number of halogens is 3. The van der Waals surface area contributed by atoms with Crippen LogP contribution in [-0.2, 0) is 17.5 Å². The lowest BCUT2D eigenvalue weighted by Gasteiger charge is -2.14. The van der Waals surface area contributed by atoms with E-state index >= 15 is 0 Å². The summed E-state index contributed by atoms with van der Waals surface area (Å²) in [4.78, 5) is 19.4. The minimum absolute atomic E-state index is 0.114. The molecule has 0 aliphatic rings. The van der Waals surface area contributed by atoms with E-state index in [0.29, 0.717) is 11.1 Å². The topological polar surface area (TPSA) is 68.0 Å². The molecule has 1 N–H and O–H groups in total. The molecular weight excluding hydrogens is 367 g/mol. The van der Waals surface area contributed by atoms with Crippen molar-refractivity contribution >= 4 is 28.6 Å². The van der Waals surface area contributed by atoms with Gasteiger partial charge in [0.1, 0.15) is 10.8 Å². The maximum absolute atomic E-state index is 13.0. The van der Waals surface area contributed by atoms with Crippen LogP contribution < -0.4 is 5.32 Å². The van der Waals surface area contributed by atoms with Crippen molar-refractivity contribution in [2.75, 3.05) is 0 Å². The molecule has 136 valence electrons. The fraction of sp³-hybridized carbons (Fsp3) is 0.235. The molecular formula is C17H14F3N3O2S. The number of hydrogen-bond acceptors (Lipinski definition) is 5. The normalized spacial score (nSPS) is 12.9. The van der Waals surface area contributed by atoms with Crippen molar-refractivity contribution in [3.8, 4) is 0 Å². The molecule has 9 heteroatoms. The summed E-state index contributed by atoms with van der Waals surface area (Å²) < 4.78 is 44.3. The summed E-state index contributed by atoms with van der Waals surface area (Å²) in [6.45, 7) is 1.81. The molecule has 0 aliphatic heterocycles. The average Bonchev–Trinajstić information content (AvgIpc) is 3.12. The third-order valence-corrected chi connectivity index (χ3v) is 4.60. The van der Waals surface area contributed by atoms with Crippen molar-refractivity contribution in [2.24, 2.45) is 0 Å². The lowest BCUT2D eigenvalue weighted by molar-refractivity contribution is -0.145. The second-order valence-electron chi connectivity index (χ2n) is 5.42. The van der Waals surface area contributed by atoms with Crippen LogP contribution in [0.3, 0.4) is 0 Å². The predicted molar refractivity (Wildman–Crippen MR) is 90.4 cm³/mol. The first kappa shape index (κ1) is 18.2. The molecule has 0 saturated heterocycles. The number of carbonyl (C=O) groups is 1. The van der Waals surface area contributed by atoms with Crippen molar-refractivity contribution in [2.45, 2.75) is 29.9 Å². The maximum atomic E-state index is 13.0. The third kappa shape index (κ3) is 4.16. The molecule has 2 heterocycles. The lowest BCUT2D eigenvalue weighted by Crippen LogP contribution is -2.30. The van der Waals surface area contributed by atoms with E-state index in [1.54, 1.807) is 37.3 Å². The number of furan rings is 1. The standard InChI is InChI=1S/C17H14F3N3O2S/c1-10(14(24)21-9-11-5-4-8-25-11)26-15-12-6-2-3-7-13(12)22-16(23-15)17(18,19)20/h2-8,10H,9H2,1H3,(H,21,24). The van der Waals surface area contributed by atoms with Crippen LogP contribution in [0, 0.1) is 0 Å². The van der Waals surface area contributed by atoms with Crippen molar-refractivity contribution in [3.05, 3.63) is 54.2 Å². The van der Waals surface area contributed by atoms with Crippen LogP contribution in [0.5, 0.6) is 0 Å². The number of aromatic nitrogens is 2. The monoisotopic (exact) mass is 381 g/mol. The summed E-state index contributed by atoms with van der Waals surface area (Å²) >= 11 is 0.955. The van der Waals surface area contributed by atoms with E-state index in [4.69, 9.17) is 4.42 Å². The Morgan fingerprint density at radius 2 is 2.00 bits per heavy atom. The second kappa shape index (κ2) is 7.36. The van der Waals surface area contributed by atoms with Gasteiger partial charge in [0.25, 0.3) is 0 Å². The molecule has 0 aliphatic carbocycles. The molecule has 0 spiro atoms. The van der Waals surface area contributed by atoms with E-state index in [1.807, 2.05) is 0 Å². The number of fused-ring (bicyclic) bond motifs is 1. The van der Waals surface area contributed by atoms with Crippen LogP contribution >= 0.6 is 11.8 Å². The number of carbonyl (C=O) groups excluding carboxylic acids is 1. The largest absolute Gasteiger partial charge is 0.467 e. The summed E-state index contributed by atoms with van der Waals surface area (Å²) in [5.41, 5.74) is 0.181. The molecule has 1 amide bonds. The number of nitrogens with zero attached hydrogens (tertiary/aromatic N) is 2. The van der Waals surface area contributed by atoms with Crippen LogP contribution in [0.15, 0.2) is 52.1 Å². The Morgan fingerprint density at radius 3 is 2.69 bits per heavy atom. The first-order valence-electron chi connectivity index (χ1n) is 7.65. The molecule has 26 heavy (non-hydrogen) atoms. The van der Waals surface area contributed by atoms with E-state index < -0.39 is 17.3 Å². The van der Waals surface area contributed by atoms with E-state index in [0.717, 1.165) is 11.8 Å². The van der Waals surface area contributed by atoms with Gasteiger partial charge in [-0.1, -0.05) is 30.0 Å². The molecule has 1 atom stereocenters. The number of nitrogens with one attached hydrogen (secondary N) is 1. The molecule has 3 rings (SSSR count). The number of rotatable bonds is 5. The SMILES string of the molecule is CC(Sc1nc(C(F)(F)F)nc2ccccc12)C(=O)NCc1ccco1. The zero-order chi connectivity index (χ0) is 18.7. The Balaban J connectivity index is 1.81. The Morgan fingerprint density at radius 1 is 1.23 bits per heavy atom. The Kier molecular flexibility index (Phi) is 5.17. The van der Waals surface area contributed by atoms with Gasteiger partial charge in [0.2, 0.25) is 11.7 Å². The van der Waals surface area contributed by atoms with Crippen LogP contribution in [-0.4, -0.2) is 21.1 Å². The van der Waals surface area contributed by atoms with E-state index in [9.17, 15) is 18.0 Å². The van der Waals surface area contributed by atoms with Gasteiger partial charge in [-0.25, -0.2) is 9.97 Å². The highest BCUT2D eigenvalue weighted by Crippen LogP contribution is 2.33. The fourth-order valence-electron chi connectivity index (χ4n) is 2.22. The van der Waals surface area contributed by atoms with E-state index in [-0.39, 0.29) is 23.0 Å².